The molecule has 11 heteroatoms. The second kappa shape index (κ2) is 10.9. The lowest BCUT2D eigenvalue weighted by atomic mass is 9.84. The number of urea groups is 1. The molecule has 2 saturated carbocycles. The van der Waals surface area contributed by atoms with Gasteiger partial charge in [-0.3, -0.25) is 24.0 Å². The van der Waals surface area contributed by atoms with E-state index in [1.807, 2.05) is 34.6 Å². The third-order valence-electron chi connectivity index (χ3n) is 8.67. The SMILES string of the molecule is CC(=O)[C@@H](NC(=O)N[C@H](C(=O)N1C[C@H]2[C@@H]([C@H]1C(=O)NC(CC1CC1)C(=O)C(N)=O)C2(C)C)C(C)C)C(C)(C)C. The van der Waals surface area contributed by atoms with E-state index in [-0.39, 0.29) is 34.9 Å². The summed E-state index contributed by atoms with van der Waals surface area (Å²) >= 11 is 0. The van der Waals surface area contributed by atoms with Gasteiger partial charge in [-0.15, -0.1) is 0 Å². The van der Waals surface area contributed by atoms with Crippen LogP contribution in [0.2, 0.25) is 0 Å². The van der Waals surface area contributed by atoms with E-state index in [0.717, 1.165) is 12.8 Å². The molecule has 0 aromatic rings. The molecule has 0 spiro atoms. The third kappa shape index (κ3) is 6.61. The Hall–Kier alpha value is -2.98. The van der Waals surface area contributed by atoms with Gasteiger partial charge in [-0.25, -0.2) is 4.79 Å². The van der Waals surface area contributed by atoms with Gasteiger partial charge in [0, 0.05) is 6.54 Å². The minimum atomic E-state index is -1.10. The van der Waals surface area contributed by atoms with Crippen LogP contribution >= 0.6 is 0 Å². The van der Waals surface area contributed by atoms with Crippen LogP contribution in [0.1, 0.15) is 74.7 Å². The molecule has 3 fully saturated rings. The summed E-state index contributed by atoms with van der Waals surface area (Å²) in [4.78, 5) is 78.1. The molecule has 6 atom stereocenters. The third-order valence-corrected chi connectivity index (χ3v) is 8.67. The minimum absolute atomic E-state index is 0.0931. The van der Waals surface area contributed by atoms with Gasteiger partial charge >= 0.3 is 6.03 Å². The largest absolute Gasteiger partial charge is 0.363 e. The summed E-state index contributed by atoms with van der Waals surface area (Å²) in [7, 11) is 0. The highest BCUT2D eigenvalue weighted by Gasteiger charge is 2.69. The fourth-order valence-corrected chi connectivity index (χ4v) is 6.09. The Bertz CT molecular complexity index is 1040. The summed E-state index contributed by atoms with van der Waals surface area (Å²) in [6.07, 6.45) is 2.19. The van der Waals surface area contributed by atoms with Crippen molar-refractivity contribution in [1.82, 2.24) is 20.9 Å². The van der Waals surface area contributed by atoms with Gasteiger partial charge in [0.15, 0.2) is 5.78 Å². The summed E-state index contributed by atoms with van der Waals surface area (Å²) in [5.74, 6) is -3.10. The number of piperidine rings is 1. The average molecular weight is 548 g/mol. The Balaban J connectivity index is 1.79. The van der Waals surface area contributed by atoms with E-state index in [1.54, 1.807) is 13.8 Å². The Kier molecular flexibility index (Phi) is 8.53. The highest BCUT2D eigenvalue weighted by molar-refractivity contribution is 6.37. The molecule has 3 aliphatic rings. The smallest absolute Gasteiger partial charge is 0.316 e. The van der Waals surface area contributed by atoms with Crippen LogP contribution in [0.25, 0.3) is 0 Å². The van der Waals surface area contributed by atoms with Crippen LogP contribution in [-0.4, -0.2) is 70.9 Å². The Morgan fingerprint density at radius 1 is 1.00 bits per heavy atom. The first kappa shape index (κ1) is 30.6. The number of carbonyl (C=O) groups excluding carboxylic acids is 6. The van der Waals surface area contributed by atoms with Crippen molar-refractivity contribution in [1.29, 1.82) is 0 Å². The molecule has 3 rings (SSSR count). The molecule has 1 aliphatic heterocycles. The molecular formula is C28H45N5O6. The fraction of sp³-hybridized carbons (Fsp3) is 0.786. The van der Waals surface area contributed by atoms with Crippen molar-refractivity contribution in [3.63, 3.8) is 0 Å². The molecule has 1 saturated heterocycles. The number of likely N-dealkylation sites (tertiary alicyclic amines) is 1. The van der Waals surface area contributed by atoms with Gasteiger partial charge in [0.1, 0.15) is 12.1 Å². The van der Waals surface area contributed by atoms with Crippen LogP contribution in [-0.2, 0) is 24.0 Å². The second-order valence-corrected chi connectivity index (χ2v) is 13.6. The number of carbonyl (C=O) groups is 6. The van der Waals surface area contributed by atoms with Crippen molar-refractivity contribution < 1.29 is 28.8 Å². The van der Waals surface area contributed by atoms with E-state index in [1.165, 1.54) is 11.8 Å². The van der Waals surface area contributed by atoms with E-state index in [0.29, 0.717) is 13.0 Å². The predicted octanol–water partition coefficient (Wildman–Crippen LogP) is 1.14. The molecule has 5 N–H and O–H groups in total. The van der Waals surface area contributed by atoms with Gasteiger partial charge in [-0.1, -0.05) is 61.3 Å². The Morgan fingerprint density at radius 2 is 1.59 bits per heavy atom. The van der Waals surface area contributed by atoms with Crippen molar-refractivity contribution in [3.8, 4) is 0 Å². The van der Waals surface area contributed by atoms with Gasteiger partial charge in [0.25, 0.3) is 5.91 Å². The number of primary amides is 1. The van der Waals surface area contributed by atoms with Crippen LogP contribution in [0.5, 0.6) is 0 Å². The fourth-order valence-electron chi connectivity index (χ4n) is 6.09. The van der Waals surface area contributed by atoms with Crippen molar-refractivity contribution in [2.75, 3.05) is 6.54 Å². The van der Waals surface area contributed by atoms with E-state index < -0.39 is 59.1 Å². The summed E-state index contributed by atoms with van der Waals surface area (Å²) < 4.78 is 0. The lowest BCUT2D eigenvalue weighted by Crippen LogP contribution is -2.61. The molecule has 5 amide bonds. The maximum Gasteiger partial charge on any atom is 0.316 e. The number of fused-ring (bicyclic) bond motifs is 1. The highest BCUT2D eigenvalue weighted by Crippen LogP contribution is 2.65. The number of nitrogens with zero attached hydrogens (tertiary/aromatic N) is 1. The first-order valence-electron chi connectivity index (χ1n) is 13.9. The predicted molar refractivity (Wildman–Crippen MR) is 144 cm³/mol. The molecule has 0 aromatic heterocycles. The molecule has 2 aliphatic carbocycles. The number of rotatable bonds is 11. The van der Waals surface area contributed by atoms with Gasteiger partial charge in [0.2, 0.25) is 17.6 Å². The van der Waals surface area contributed by atoms with E-state index in [9.17, 15) is 28.8 Å². The summed E-state index contributed by atoms with van der Waals surface area (Å²) in [5, 5.41) is 8.16. The molecular weight excluding hydrogens is 502 g/mol. The maximum absolute atomic E-state index is 13.8. The zero-order valence-corrected chi connectivity index (χ0v) is 24.4. The number of Topliss-reactive ketones (excluding diaryl/α,β-unsaturated/α-hetero) is 2. The molecule has 1 unspecified atom stereocenters. The van der Waals surface area contributed by atoms with Crippen molar-refractivity contribution in [3.05, 3.63) is 0 Å². The van der Waals surface area contributed by atoms with Gasteiger partial charge in [-0.2, -0.15) is 0 Å². The minimum Gasteiger partial charge on any atom is -0.363 e. The van der Waals surface area contributed by atoms with Crippen LogP contribution in [0.15, 0.2) is 0 Å². The number of hydrogen-bond acceptors (Lipinski definition) is 6. The lowest BCUT2D eigenvalue weighted by Gasteiger charge is -2.35. The first-order valence-corrected chi connectivity index (χ1v) is 13.9. The first-order chi connectivity index (χ1) is 17.9. The van der Waals surface area contributed by atoms with E-state index >= 15 is 0 Å². The van der Waals surface area contributed by atoms with Crippen molar-refractivity contribution >= 4 is 35.3 Å². The lowest BCUT2D eigenvalue weighted by molar-refractivity contribution is -0.144. The second-order valence-electron chi connectivity index (χ2n) is 13.6. The standard InChI is InChI=1S/C28H45N5O6/c1-13(2)19(31-26(39)32-22(14(3)34)27(4,5)6)25(38)33-12-16-18(28(16,7)8)20(33)24(37)30-17(11-15-9-10-15)21(35)23(29)36/h13,15-20,22H,9-12H2,1-8H3,(H2,29,36)(H,30,37)(H2,31,32,39)/t16-,17?,18-,19-,20-,22+/m0/s1. The van der Waals surface area contributed by atoms with E-state index in [4.69, 9.17) is 5.73 Å². The van der Waals surface area contributed by atoms with Crippen LogP contribution in [0.3, 0.4) is 0 Å². The normalized spacial score (nSPS) is 25.7. The molecule has 218 valence electrons. The average Bonchev–Trinajstić information content (AvgIpc) is 3.65. The van der Waals surface area contributed by atoms with Gasteiger partial charge in [-0.05, 0) is 47.8 Å². The molecule has 0 radical (unpaired) electrons. The topological polar surface area (TPSA) is 168 Å². The Morgan fingerprint density at radius 3 is 2.05 bits per heavy atom. The maximum atomic E-state index is 13.8. The van der Waals surface area contributed by atoms with Crippen molar-refractivity contribution in [2.45, 2.75) is 98.8 Å². The number of nitrogens with two attached hydrogens (primary N) is 1. The Labute approximate surface area is 230 Å². The van der Waals surface area contributed by atoms with Crippen LogP contribution < -0.4 is 21.7 Å². The molecule has 11 nitrogen and oxygen atoms in total. The zero-order chi connectivity index (χ0) is 29.6. The monoisotopic (exact) mass is 547 g/mol. The van der Waals surface area contributed by atoms with Crippen LogP contribution in [0.4, 0.5) is 4.79 Å². The molecule has 39 heavy (non-hydrogen) atoms. The van der Waals surface area contributed by atoms with Crippen LogP contribution in [0, 0.1) is 34.5 Å². The van der Waals surface area contributed by atoms with E-state index in [2.05, 4.69) is 16.0 Å². The molecule has 1 heterocycles. The van der Waals surface area contributed by atoms with Gasteiger partial charge < -0.3 is 26.6 Å². The zero-order valence-electron chi connectivity index (χ0n) is 24.4. The molecule has 0 bridgehead atoms. The number of ketones is 2. The number of hydrogen-bond donors (Lipinski definition) is 4. The summed E-state index contributed by atoms with van der Waals surface area (Å²) in [6, 6.07) is -4.19. The quantitative estimate of drug-likeness (QED) is 0.283. The molecule has 0 aromatic carbocycles. The number of nitrogens with one attached hydrogen (secondary N) is 3. The summed E-state index contributed by atoms with van der Waals surface area (Å²) in [6.45, 7) is 14.9. The highest BCUT2D eigenvalue weighted by atomic mass is 16.2. The van der Waals surface area contributed by atoms with Crippen molar-refractivity contribution in [2.24, 2.45) is 40.2 Å². The summed E-state index contributed by atoms with van der Waals surface area (Å²) in [5.41, 5.74) is 4.55. The van der Waals surface area contributed by atoms with Gasteiger partial charge in [0.05, 0.1) is 12.1 Å². The number of amides is 5.